The Morgan fingerprint density at radius 1 is 0.717 bits per heavy atom. The van der Waals surface area contributed by atoms with Crippen LogP contribution >= 0.6 is 0 Å². The lowest BCUT2D eigenvalue weighted by Crippen LogP contribution is -2.63. The standard InChI is InChI=1S/C35H65N5O6/c1-16-18-19-25(11)30(41)29(31(42)36-26(17-2)33(44)37(12)24(9)10)40(15)35(46)28(22(5)6)39(14)34(45)27(20-21(3)4)38(13)32(43)23(7)8/h16,18,21-30,41H,17,19-20H2,1-15H3,(H,36,42)/b18-16+. The first-order valence-electron chi connectivity index (χ1n) is 16.8. The van der Waals surface area contributed by atoms with Gasteiger partial charge in [-0.25, -0.2) is 0 Å². The Bertz CT molecular complexity index is 1040. The number of nitrogens with zero attached hydrogens (tertiary/aromatic N) is 4. The number of amides is 5. The number of aliphatic hydroxyl groups excluding tert-OH is 1. The Morgan fingerprint density at radius 3 is 1.65 bits per heavy atom. The predicted molar refractivity (Wildman–Crippen MR) is 184 cm³/mol. The SMILES string of the molecule is C/C=C/CC(C)C(O)C(C(=O)NC(CC)C(=O)N(C)C(C)C)N(C)C(=O)C(C(C)C)N(C)C(=O)C(CC(C)C)N(C)C(=O)C(C)C. The van der Waals surface area contributed by atoms with Gasteiger partial charge in [0.05, 0.1) is 6.10 Å². The van der Waals surface area contributed by atoms with E-state index in [1.807, 2.05) is 60.6 Å². The van der Waals surface area contributed by atoms with Crippen molar-refractivity contribution in [1.82, 2.24) is 24.9 Å². The van der Waals surface area contributed by atoms with E-state index in [0.717, 1.165) is 0 Å². The number of nitrogens with one attached hydrogen (secondary N) is 1. The first kappa shape index (κ1) is 43.0. The number of hydrogen-bond donors (Lipinski definition) is 2. The maximum Gasteiger partial charge on any atom is 0.246 e. The number of likely N-dealkylation sites (N-methyl/N-ethyl adjacent to an activating group) is 4. The van der Waals surface area contributed by atoms with Crippen molar-refractivity contribution in [2.24, 2.45) is 23.7 Å². The molecule has 11 nitrogen and oxygen atoms in total. The molecule has 0 aromatic carbocycles. The zero-order valence-corrected chi connectivity index (χ0v) is 31.3. The molecule has 0 aliphatic carbocycles. The summed E-state index contributed by atoms with van der Waals surface area (Å²) >= 11 is 0. The van der Waals surface area contributed by atoms with Crippen molar-refractivity contribution in [3.8, 4) is 0 Å². The summed E-state index contributed by atoms with van der Waals surface area (Å²) in [4.78, 5) is 74.0. The van der Waals surface area contributed by atoms with Crippen LogP contribution in [0.25, 0.3) is 0 Å². The zero-order valence-electron chi connectivity index (χ0n) is 31.3. The number of carbonyl (C=O) groups excluding carboxylic acids is 5. The van der Waals surface area contributed by atoms with E-state index in [9.17, 15) is 29.1 Å². The quantitative estimate of drug-likeness (QED) is 0.218. The van der Waals surface area contributed by atoms with E-state index in [4.69, 9.17) is 0 Å². The molecule has 0 aromatic rings. The van der Waals surface area contributed by atoms with Crippen molar-refractivity contribution >= 4 is 29.5 Å². The number of allylic oxidation sites excluding steroid dienone is 2. The number of hydrogen-bond acceptors (Lipinski definition) is 6. The molecule has 46 heavy (non-hydrogen) atoms. The van der Waals surface area contributed by atoms with Crippen LogP contribution in [0.5, 0.6) is 0 Å². The monoisotopic (exact) mass is 651 g/mol. The Labute approximate surface area is 279 Å². The van der Waals surface area contributed by atoms with E-state index in [-0.39, 0.29) is 41.5 Å². The molecule has 0 spiro atoms. The summed E-state index contributed by atoms with van der Waals surface area (Å²) in [5.41, 5.74) is 0. The van der Waals surface area contributed by atoms with Crippen molar-refractivity contribution in [3.05, 3.63) is 12.2 Å². The third-order valence-corrected chi connectivity index (χ3v) is 8.77. The van der Waals surface area contributed by atoms with Gasteiger partial charge in [0.2, 0.25) is 29.5 Å². The van der Waals surface area contributed by atoms with Gasteiger partial charge >= 0.3 is 0 Å². The topological polar surface area (TPSA) is 131 Å². The van der Waals surface area contributed by atoms with Crippen LogP contribution in [0.15, 0.2) is 12.2 Å². The molecule has 0 aliphatic heterocycles. The highest BCUT2D eigenvalue weighted by molar-refractivity contribution is 5.96. The molecule has 0 fully saturated rings. The molecule has 0 aliphatic rings. The van der Waals surface area contributed by atoms with Gasteiger partial charge in [-0.3, -0.25) is 24.0 Å². The molecule has 2 N–H and O–H groups in total. The lowest BCUT2D eigenvalue weighted by Gasteiger charge is -2.41. The summed E-state index contributed by atoms with van der Waals surface area (Å²) in [6.45, 7) is 20.3. The van der Waals surface area contributed by atoms with Gasteiger partial charge in [-0.1, -0.05) is 67.5 Å². The molecule has 0 radical (unpaired) electrons. The molecule has 0 bridgehead atoms. The maximum atomic E-state index is 14.3. The van der Waals surface area contributed by atoms with Gasteiger partial charge in [-0.05, 0) is 57.8 Å². The summed E-state index contributed by atoms with van der Waals surface area (Å²) in [6, 6.07) is -4.03. The van der Waals surface area contributed by atoms with Crippen molar-refractivity contribution in [2.45, 2.75) is 132 Å². The predicted octanol–water partition coefficient (Wildman–Crippen LogP) is 3.55. The van der Waals surface area contributed by atoms with Crippen LogP contribution in [-0.2, 0) is 24.0 Å². The van der Waals surface area contributed by atoms with Gasteiger partial charge in [-0.15, -0.1) is 0 Å². The van der Waals surface area contributed by atoms with Crippen LogP contribution in [0.3, 0.4) is 0 Å². The van der Waals surface area contributed by atoms with Gasteiger partial charge in [0, 0.05) is 40.2 Å². The lowest BCUT2D eigenvalue weighted by molar-refractivity contribution is -0.156. The molecule has 6 unspecified atom stereocenters. The average molecular weight is 652 g/mol. The fourth-order valence-corrected chi connectivity index (χ4v) is 5.51. The number of aliphatic hydroxyl groups is 1. The fraction of sp³-hybridized carbons (Fsp3) is 0.800. The molecule has 5 amide bonds. The summed E-state index contributed by atoms with van der Waals surface area (Å²) in [7, 11) is 6.29. The normalized spacial score (nSPS) is 15.8. The first-order chi connectivity index (χ1) is 21.2. The van der Waals surface area contributed by atoms with Crippen LogP contribution in [-0.4, -0.2) is 119 Å². The minimum Gasteiger partial charge on any atom is -0.390 e. The Hall–Kier alpha value is -2.95. The molecule has 266 valence electrons. The van der Waals surface area contributed by atoms with E-state index in [1.54, 1.807) is 53.7 Å². The van der Waals surface area contributed by atoms with Crippen LogP contribution < -0.4 is 5.32 Å². The first-order valence-corrected chi connectivity index (χ1v) is 16.8. The van der Waals surface area contributed by atoms with E-state index < -0.39 is 48.0 Å². The highest BCUT2D eigenvalue weighted by atomic mass is 16.3. The van der Waals surface area contributed by atoms with Gasteiger partial charge in [0.25, 0.3) is 0 Å². The second-order valence-electron chi connectivity index (χ2n) is 14.1. The molecule has 0 saturated heterocycles. The van der Waals surface area contributed by atoms with Crippen LogP contribution in [0.2, 0.25) is 0 Å². The van der Waals surface area contributed by atoms with Crippen molar-refractivity contribution in [3.63, 3.8) is 0 Å². The van der Waals surface area contributed by atoms with Gasteiger partial charge < -0.3 is 30.0 Å². The third kappa shape index (κ3) is 11.7. The van der Waals surface area contributed by atoms with E-state index in [2.05, 4.69) is 5.32 Å². The highest BCUT2D eigenvalue weighted by Crippen LogP contribution is 2.23. The largest absolute Gasteiger partial charge is 0.390 e. The van der Waals surface area contributed by atoms with Crippen LogP contribution in [0.1, 0.15) is 95.4 Å². The molecular weight excluding hydrogens is 586 g/mol. The third-order valence-electron chi connectivity index (χ3n) is 8.77. The Balaban J connectivity index is 6.72. The summed E-state index contributed by atoms with van der Waals surface area (Å²) < 4.78 is 0. The van der Waals surface area contributed by atoms with E-state index in [0.29, 0.717) is 19.3 Å². The maximum absolute atomic E-state index is 14.3. The minimum absolute atomic E-state index is 0.0841. The van der Waals surface area contributed by atoms with E-state index in [1.165, 1.54) is 21.7 Å². The second kappa shape index (κ2) is 19.7. The Kier molecular flexibility index (Phi) is 18.4. The molecule has 0 heterocycles. The lowest BCUT2D eigenvalue weighted by atomic mass is 9.91. The van der Waals surface area contributed by atoms with Gasteiger partial charge in [-0.2, -0.15) is 0 Å². The second-order valence-corrected chi connectivity index (χ2v) is 14.1. The molecular formula is C35H65N5O6. The van der Waals surface area contributed by atoms with E-state index >= 15 is 0 Å². The summed E-state index contributed by atoms with van der Waals surface area (Å²) in [5.74, 6) is -2.95. The average Bonchev–Trinajstić information content (AvgIpc) is 2.98. The molecule has 0 aromatic heterocycles. The van der Waals surface area contributed by atoms with Crippen LogP contribution in [0.4, 0.5) is 0 Å². The minimum atomic E-state index is -1.33. The fourth-order valence-electron chi connectivity index (χ4n) is 5.51. The molecule has 11 heteroatoms. The van der Waals surface area contributed by atoms with Gasteiger partial charge in [0.15, 0.2) is 0 Å². The number of rotatable bonds is 18. The van der Waals surface area contributed by atoms with Gasteiger partial charge in [0.1, 0.15) is 24.2 Å². The summed E-state index contributed by atoms with van der Waals surface area (Å²) in [6.07, 6.45) is 3.67. The number of carbonyl (C=O) groups is 5. The van der Waals surface area contributed by atoms with Crippen LogP contribution in [0, 0.1) is 23.7 Å². The van der Waals surface area contributed by atoms with Crippen molar-refractivity contribution < 1.29 is 29.1 Å². The zero-order chi connectivity index (χ0) is 36.2. The molecule has 6 atom stereocenters. The van der Waals surface area contributed by atoms with Crippen molar-refractivity contribution in [1.29, 1.82) is 0 Å². The highest BCUT2D eigenvalue weighted by Gasteiger charge is 2.43. The molecule has 0 saturated carbocycles. The Morgan fingerprint density at radius 2 is 1.24 bits per heavy atom. The smallest absolute Gasteiger partial charge is 0.246 e. The summed E-state index contributed by atoms with van der Waals surface area (Å²) in [5, 5.41) is 14.3. The van der Waals surface area contributed by atoms with Crippen molar-refractivity contribution in [2.75, 3.05) is 28.2 Å². The molecule has 0 rings (SSSR count).